The van der Waals surface area contributed by atoms with Crippen molar-refractivity contribution in [2.24, 2.45) is 0 Å². The average Bonchev–Trinajstić information content (AvgIpc) is 2.61. The van der Waals surface area contributed by atoms with Gasteiger partial charge in [0.15, 0.2) is 0 Å². The van der Waals surface area contributed by atoms with Gasteiger partial charge in [0.1, 0.15) is 5.69 Å². The highest BCUT2D eigenvalue weighted by Crippen LogP contribution is 2.18. The molecule has 2 aromatic rings. The predicted octanol–water partition coefficient (Wildman–Crippen LogP) is 2.09. The number of imidazole rings is 1. The van der Waals surface area contributed by atoms with Crippen molar-refractivity contribution in [2.45, 2.75) is 6.92 Å². The van der Waals surface area contributed by atoms with Gasteiger partial charge in [0.05, 0.1) is 0 Å². The largest absolute Gasteiger partial charge is 0.384 e. The molecule has 0 atom stereocenters. The van der Waals surface area contributed by atoms with Gasteiger partial charge in [0, 0.05) is 5.69 Å². The first-order valence-corrected chi connectivity index (χ1v) is 4.44. The molecule has 0 fully saturated rings. The topological polar surface area (TPSA) is 61.0 Å². The van der Waals surface area contributed by atoms with Crippen LogP contribution in [0.3, 0.4) is 0 Å². The van der Waals surface area contributed by atoms with Crippen LogP contribution in [0.2, 0.25) is 0 Å². The molecular formula is C10H9N3O2. The van der Waals surface area contributed by atoms with Crippen LogP contribution >= 0.6 is 0 Å². The SMILES string of the molecule is Cc1c([N+](=O)[O-])ncn1-c1ccccc1. The molecule has 1 aromatic carbocycles. The molecule has 0 aliphatic heterocycles. The molecule has 0 aliphatic rings. The number of hydrogen-bond acceptors (Lipinski definition) is 3. The van der Waals surface area contributed by atoms with E-state index in [9.17, 15) is 10.1 Å². The van der Waals surface area contributed by atoms with Crippen LogP contribution in [0.5, 0.6) is 0 Å². The third-order valence-corrected chi connectivity index (χ3v) is 2.19. The Labute approximate surface area is 86.1 Å². The smallest absolute Gasteiger partial charge is 0.358 e. The van der Waals surface area contributed by atoms with Gasteiger partial charge < -0.3 is 10.1 Å². The van der Waals surface area contributed by atoms with E-state index in [0.717, 1.165) is 5.69 Å². The summed E-state index contributed by atoms with van der Waals surface area (Å²) in [5, 5.41) is 10.6. The summed E-state index contributed by atoms with van der Waals surface area (Å²) in [7, 11) is 0. The summed E-state index contributed by atoms with van der Waals surface area (Å²) in [6.07, 6.45) is 1.46. The number of aromatic nitrogens is 2. The Morgan fingerprint density at radius 3 is 2.53 bits per heavy atom. The number of rotatable bonds is 2. The van der Waals surface area contributed by atoms with Crippen LogP contribution in [-0.4, -0.2) is 14.5 Å². The molecular weight excluding hydrogens is 194 g/mol. The van der Waals surface area contributed by atoms with Crippen molar-refractivity contribution in [2.75, 3.05) is 0 Å². The molecule has 0 saturated carbocycles. The van der Waals surface area contributed by atoms with E-state index in [0.29, 0.717) is 5.69 Å². The second-order valence-corrected chi connectivity index (χ2v) is 3.12. The van der Waals surface area contributed by atoms with Crippen LogP contribution in [0.25, 0.3) is 5.69 Å². The van der Waals surface area contributed by atoms with Crippen LogP contribution in [0.4, 0.5) is 5.82 Å². The number of hydrogen-bond donors (Lipinski definition) is 0. The van der Waals surface area contributed by atoms with Crippen LogP contribution in [0, 0.1) is 17.0 Å². The number of nitro groups is 1. The Bertz CT molecular complexity index is 491. The highest BCUT2D eigenvalue weighted by Gasteiger charge is 2.17. The maximum absolute atomic E-state index is 10.6. The molecule has 1 heterocycles. The second-order valence-electron chi connectivity index (χ2n) is 3.12. The summed E-state index contributed by atoms with van der Waals surface area (Å²) in [6.45, 7) is 1.68. The van der Waals surface area contributed by atoms with Crippen LogP contribution < -0.4 is 0 Å². The average molecular weight is 203 g/mol. The molecule has 5 nitrogen and oxygen atoms in total. The Balaban J connectivity index is 2.52. The molecule has 2 rings (SSSR count). The van der Waals surface area contributed by atoms with Crippen molar-refractivity contribution in [1.29, 1.82) is 0 Å². The zero-order valence-electron chi connectivity index (χ0n) is 8.12. The number of para-hydroxylation sites is 1. The fourth-order valence-electron chi connectivity index (χ4n) is 1.43. The molecule has 1 aromatic heterocycles. The van der Waals surface area contributed by atoms with Crippen molar-refractivity contribution in [3.05, 3.63) is 52.5 Å². The van der Waals surface area contributed by atoms with Gasteiger partial charge in [-0.2, -0.15) is 0 Å². The lowest BCUT2D eigenvalue weighted by Gasteiger charge is -2.01. The molecule has 0 saturated heterocycles. The molecule has 0 N–H and O–H groups in total. The molecule has 76 valence electrons. The number of benzene rings is 1. The summed E-state index contributed by atoms with van der Waals surface area (Å²) in [6, 6.07) is 9.39. The van der Waals surface area contributed by atoms with Gasteiger partial charge in [-0.1, -0.05) is 18.2 Å². The minimum Gasteiger partial charge on any atom is -0.358 e. The molecule has 15 heavy (non-hydrogen) atoms. The lowest BCUT2D eigenvalue weighted by molar-refractivity contribution is -0.389. The van der Waals surface area contributed by atoms with E-state index in [1.165, 1.54) is 6.33 Å². The first kappa shape index (κ1) is 9.39. The predicted molar refractivity (Wildman–Crippen MR) is 55.0 cm³/mol. The Morgan fingerprint density at radius 1 is 1.33 bits per heavy atom. The molecule has 0 unspecified atom stereocenters. The van der Waals surface area contributed by atoms with E-state index in [1.807, 2.05) is 30.3 Å². The third kappa shape index (κ3) is 1.59. The van der Waals surface area contributed by atoms with Crippen molar-refractivity contribution < 1.29 is 4.92 Å². The van der Waals surface area contributed by atoms with E-state index < -0.39 is 4.92 Å². The maximum atomic E-state index is 10.6. The standard InChI is InChI=1S/C10H9N3O2/c1-8-10(13(14)15)11-7-12(8)9-5-3-2-4-6-9/h2-7H,1H3. The summed E-state index contributed by atoms with van der Waals surface area (Å²) < 4.78 is 1.69. The fraction of sp³-hybridized carbons (Fsp3) is 0.100. The lowest BCUT2D eigenvalue weighted by Crippen LogP contribution is -1.96. The first-order chi connectivity index (χ1) is 7.20. The van der Waals surface area contributed by atoms with E-state index in [2.05, 4.69) is 4.98 Å². The normalized spacial score (nSPS) is 10.2. The number of nitrogens with zero attached hydrogens (tertiary/aromatic N) is 3. The lowest BCUT2D eigenvalue weighted by atomic mass is 10.3. The Morgan fingerprint density at radius 2 is 2.00 bits per heavy atom. The molecule has 0 bridgehead atoms. The van der Waals surface area contributed by atoms with Crippen LogP contribution in [-0.2, 0) is 0 Å². The zero-order chi connectivity index (χ0) is 10.8. The molecule has 0 aliphatic carbocycles. The summed E-state index contributed by atoms with van der Waals surface area (Å²) in [5.41, 5.74) is 1.40. The Kier molecular flexibility index (Phi) is 2.21. The molecule has 5 heteroatoms. The van der Waals surface area contributed by atoms with E-state index in [4.69, 9.17) is 0 Å². The van der Waals surface area contributed by atoms with Gasteiger partial charge in [-0.3, -0.25) is 4.57 Å². The minimum absolute atomic E-state index is 0.0983. The van der Waals surface area contributed by atoms with Gasteiger partial charge in [0.2, 0.25) is 6.33 Å². The Hall–Kier alpha value is -2.17. The van der Waals surface area contributed by atoms with Gasteiger partial charge in [-0.15, -0.1) is 0 Å². The van der Waals surface area contributed by atoms with Crippen LogP contribution in [0.15, 0.2) is 36.7 Å². The quantitative estimate of drug-likeness (QED) is 0.554. The van der Waals surface area contributed by atoms with E-state index >= 15 is 0 Å². The van der Waals surface area contributed by atoms with E-state index in [1.54, 1.807) is 11.5 Å². The summed E-state index contributed by atoms with van der Waals surface area (Å²) >= 11 is 0. The summed E-state index contributed by atoms with van der Waals surface area (Å²) in [4.78, 5) is 13.9. The highest BCUT2D eigenvalue weighted by molar-refractivity contribution is 5.38. The monoisotopic (exact) mass is 203 g/mol. The van der Waals surface area contributed by atoms with Crippen molar-refractivity contribution in [3.8, 4) is 5.69 Å². The van der Waals surface area contributed by atoms with Gasteiger partial charge in [0.25, 0.3) is 0 Å². The molecule has 0 amide bonds. The fourth-order valence-corrected chi connectivity index (χ4v) is 1.43. The summed E-state index contributed by atoms with van der Waals surface area (Å²) in [5.74, 6) is -0.0983. The van der Waals surface area contributed by atoms with Crippen molar-refractivity contribution in [3.63, 3.8) is 0 Å². The zero-order valence-corrected chi connectivity index (χ0v) is 8.12. The molecule has 0 radical (unpaired) electrons. The highest BCUT2D eigenvalue weighted by atomic mass is 16.6. The molecule has 0 spiro atoms. The minimum atomic E-state index is -0.477. The van der Waals surface area contributed by atoms with Gasteiger partial charge in [-0.05, 0) is 29.0 Å². The second kappa shape index (κ2) is 3.53. The van der Waals surface area contributed by atoms with Crippen molar-refractivity contribution >= 4 is 5.82 Å². The van der Waals surface area contributed by atoms with Crippen LogP contribution in [0.1, 0.15) is 5.69 Å². The first-order valence-electron chi connectivity index (χ1n) is 4.44. The van der Waals surface area contributed by atoms with Gasteiger partial charge >= 0.3 is 5.82 Å². The third-order valence-electron chi connectivity index (χ3n) is 2.19. The van der Waals surface area contributed by atoms with Gasteiger partial charge in [-0.25, -0.2) is 0 Å². The van der Waals surface area contributed by atoms with Crippen molar-refractivity contribution in [1.82, 2.24) is 9.55 Å². The van der Waals surface area contributed by atoms with E-state index in [-0.39, 0.29) is 5.82 Å². The maximum Gasteiger partial charge on any atom is 0.384 e.